The molecule has 0 spiro atoms. The van der Waals surface area contributed by atoms with E-state index in [-0.39, 0.29) is 0 Å². The second kappa shape index (κ2) is 5.69. The van der Waals surface area contributed by atoms with Gasteiger partial charge in [-0.15, -0.1) is 0 Å². The number of halogens is 1. The molecule has 3 rings (SSSR count). The van der Waals surface area contributed by atoms with Crippen LogP contribution in [0.4, 0.5) is 5.82 Å². The van der Waals surface area contributed by atoms with Crippen LogP contribution in [0.2, 0.25) is 0 Å². The molecule has 0 bridgehead atoms. The van der Waals surface area contributed by atoms with Gasteiger partial charge in [-0.2, -0.15) is 0 Å². The largest absolute Gasteiger partial charge is 0.373 e. The van der Waals surface area contributed by atoms with Gasteiger partial charge >= 0.3 is 0 Å². The lowest BCUT2D eigenvalue weighted by Gasteiger charge is -2.11. The Hall–Kier alpha value is -1.14. The summed E-state index contributed by atoms with van der Waals surface area (Å²) < 4.78 is 0.982. The molecule has 1 saturated carbocycles. The van der Waals surface area contributed by atoms with E-state index in [1.807, 2.05) is 26.1 Å². The summed E-state index contributed by atoms with van der Waals surface area (Å²) in [4.78, 5) is 13.7. The maximum Gasteiger partial charge on any atom is 0.135 e. The molecule has 0 saturated heterocycles. The van der Waals surface area contributed by atoms with Crippen molar-refractivity contribution in [1.29, 1.82) is 0 Å². The summed E-state index contributed by atoms with van der Waals surface area (Å²) in [7, 11) is 1.90. The second-order valence-electron chi connectivity index (χ2n) is 4.80. The van der Waals surface area contributed by atoms with E-state index >= 15 is 0 Å². The van der Waals surface area contributed by atoms with Crippen molar-refractivity contribution >= 4 is 33.5 Å². The second-order valence-corrected chi connectivity index (χ2v) is 6.73. The van der Waals surface area contributed by atoms with E-state index in [1.165, 1.54) is 12.8 Å². The molecule has 0 aliphatic heterocycles. The Bertz CT molecular complexity index is 626. The van der Waals surface area contributed by atoms with Crippen molar-refractivity contribution < 1.29 is 0 Å². The Morgan fingerprint density at radius 2 is 2.10 bits per heavy atom. The number of nitrogens with one attached hydrogen (secondary N) is 1. The predicted octanol–water partition coefficient (Wildman–Crippen LogP) is 4.01. The number of pyridine rings is 1. The molecule has 6 heteroatoms. The summed E-state index contributed by atoms with van der Waals surface area (Å²) >= 11 is 4.99. The monoisotopic (exact) mass is 350 g/mol. The van der Waals surface area contributed by atoms with Crippen LogP contribution in [0, 0.1) is 6.92 Å². The van der Waals surface area contributed by atoms with Gasteiger partial charge < -0.3 is 5.32 Å². The van der Waals surface area contributed by atoms with Crippen molar-refractivity contribution in [3.63, 3.8) is 0 Å². The molecule has 1 fully saturated rings. The summed E-state index contributed by atoms with van der Waals surface area (Å²) in [6.45, 7) is 2.05. The number of hydrogen-bond acceptors (Lipinski definition) is 5. The van der Waals surface area contributed by atoms with Gasteiger partial charge in [-0.05, 0) is 59.6 Å². The average molecular weight is 351 g/mol. The highest BCUT2D eigenvalue weighted by atomic mass is 79.9. The van der Waals surface area contributed by atoms with Gasteiger partial charge in [0.1, 0.15) is 21.7 Å². The van der Waals surface area contributed by atoms with Gasteiger partial charge in [0.15, 0.2) is 0 Å². The first-order valence-electron chi connectivity index (χ1n) is 6.53. The molecule has 2 aromatic rings. The fourth-order valence-corrected chi connectivity index (χ4v) is 2.96. The van der Waals surface area contributed by atoms with Crippen LogP contribution < -0.4 is 5.32 Å². The lowest BCUT2D eigenvalue weighted by molar-refractivity contribution is 0.863. The van der Waals surface area contributed by atoms with Crippen LogP contribution in [0.3, 0.4) is 0 Å². The smallest absolute Gasteiger partial charge is 0.135 e. The van der Waals surface area contributed by atoms with Gasteiger partial charge in [0.2, 0.25) is 0 Å². The molecular weight excluding hydrogens is 336 g/mol. The van der Waals surface area contributed by atoms with Gasteiger partial charge in [0.05, 0.1) is 0 Å². The van der Waals surface area contributed by atoms with Crippen molar-refractivity contribution in [1.82, 2.24) is 15.0 Å². The van der Waals surface area contributed by atoms with Crippen molar-refractivity contribution in [3.8, 4) is 0 Å². The van der Waals surface area contributed by atoms with Crippen molar-refractivity contribution in [2.24, 2.45) is 0 Å². The molecule has 0 amide bonds. The summed E-state index contributed by atoms with van der Waals surface area (Å²) in [5.74, 6) is 2.42. The maximum absolute atomic E-state index is 4.72. The fourth-order valence-electron chi connectivity index (χ4n) is 1.90. The zero-order valence-electron chi connectivity index (χ0n) is 11.4. The molecule has 0 radical (unpaired) electrons. The fraction of sp³-hybridized carbons (Fsp3) is 0.357. The third-order valence-electron chi connectivity index (χ3n) is 3.20. The molecule has 104 valence electrons. The van der Waals surface area contributed by atoms with Crippen LogP contribution in [0.15, 0.2) is 32.9 Å². The topological polar surface area (TPSA) is 50.7 Å². The number of rotatable bonds is 4. The summed E-state index contributed by atoms with van der Waals surface area (Å²) in [5, 5.41) is 5.09. The molecule has 2 heterocycles. The van der Waals surface area contributed by atoms with Crippen LogP contribution in [0.5, 0.6) is 0 Å². The highest BCUT2D eigenvalue weighted by Gasteiger charge is 2.28. The van der Waals surface area contributed by atoms with Crippen molar-refractivity contribution in [2.45, 2.75) is 35.7 Å². The minimum absolute atomic E-state index is 0.542. The lowest BCUT2D eigenvalue weighted by Crippen LogP contribution is -2.04. The van der Waals surface area contributed by atoms with Gasteiger partial charge in [0, 0.05) is 29.2 Å². The normalized spacial score (nSPS) is 14.3. The quantitative estimate of drug-likeness (QED) is 0.844. The molecule has 1 N–H and O–H groups in total. The molecule has 0 atom stereocenters. The van der Waals surface area contributed by atoms with Gasteiger partial charge in [-0.1, -0.05) is 0 Å². The van der Waals surface area contributed by atoms with E-state index < -0.39 is 0 Å². The highest BCUT2D eigenvalue weighted by Crippen LogP contribution is 2.40. The van der Waals surface area contributed by atoms with E-state index in [4.69, 9.17) is 4.98 Å². The Kier molecular flexibility index (Phi) is 3.94. The molecule has 0 unspecified atom stereocenters. The van der Waals surface area contributed by atoms with Gasteiger partial charge in [0.25, 0.3) is 0 Å². The van der Waals surface area contributed by atoms with E-state index in [0.29, 0.717) is 5.92 Å². The Labute approximate surface area is 131 Å². The lowest BCUT2D eigenvalue weighted by atomic mass is 10.3. The molecule has 20 heavy (non-hydrogen) atoms. The van der Waals surface area contributed by atoms with Gasteiger partial charge in [-0.3, -0.25) is 0 Å². The van der Waals surface area contributed by atoms with E-state index in [0.717, 1.165) is 31.7 Å². The number of nitrogens with zero attached hydrogens (tertiary/aromatic N) is 3. The first-order valence-corrected chi connectivity index (χ1v) is 8.14. The SMILES string of the molecule is CNc1nc(C2CC2)nc(Sc2ccc(Br)cn2)c1C. The Morgan fingerprint density at radius 1 is 1.30 bits per heavy atom. The third kappa shape index (κ3) is 2.96. The number of aromatic nitrogens is 3. The molecular formula is C14H15BrN4S. The average Bonchev–Trinajstić information content (AvgIpc) is 3.28. The van der Waals surface area contributed by atoms with Crippen LogP contribution in [0.25, 0.3) is 0 Å². The molecule has 0 aromatic carbocycles. The minimum Gasteiger partial charge on any atom is -0.373 e. The Balaban J connectivity index is 1.94. The van der Waals surface area contributed by atoms with Crippen LogP contribution in [0.1, 0.15) is 30.1 Å². The first kappa shape index (κ1) is 13.8. The standard InChI is InChI=1S/C14H15BrN4S/c1-8-12(16-2)18-13(9-3-4-9)19-14(8)20-11-6-5-10(15)7-17-11/h5-7,9H,3-4H2,1-2H3,(H,16,18,19). The summed E-state index contributed by atoms with van der Waals surface area (Å²) in [6, 6.07) is 3.98. The molecule has 1 aliphatic carbocycles. The van der Waals surface area contributed by atoms with E-state index in [2.05, 4.69) is 31.2 Å². The Morgan fingerprint density at radius 3 is 2.70 bits per heavy atom. The molecule has 1 aliphatic rings. The van der Waals surface area contributed by atoms with Gasteiger partial charge in [-0.25, -0.2) is 15.0 Å². The zero-order chi connectivity index (χ0) is 14.1. The van der Waals surface area contributed by atoms with Crippen LogP contribution >= 0.6 is 27.7 Å². The molecule has 2 aromatic heterocycles. The third-order valence-corrected chi connectivity index (χ3v) is 4.71. The minimum atomic E-state index is 0.542. The van der Waals surface area contributed by atoms with E-state index in [9.17, 15) is 0 Å². The van der Waals surface area contributed by atoms with Crippen molar-refractivity contribution in [2.75, 3.05) is 12.4 Å². The number of anilines is 1. The maximum atomic E-state index is 4.72. The van der Waals surface area contributed by atoms with Crippen molar-refractivity contribution in [3.05, 3.63) is 34.2 Å². The highest BCUT2D eigenvalue weighted by molar-refractivity contribution is 9.10. The number of hydrogen-bond donors (Lipinski definition) is 1. The summed E-state index contributed by atoms with van der Waals surface area (Å²) in [5.41, 5.74) is 1.08. The molecule has 4 nitrogen and oxygen atoms in total. The van der Waals surface area contributed by atoms with E-state index in [1.54, 1.807) is 18.0 Å². The zero-order valence-corrected chi connectivity index (χ0v) is 13.8. The van der Waals surface area contributed by atoms with Crippen LogP contribution in [-0.2, 0) is 0 Å². The predicted molar refractivity (Wildman–Crippen MR) is 84.4 cm³/mol. The first-order chi connectivity index (χ1) is 9.67. The van der Waals surface area contributed by atoms with Crippen LogP contribution in [-0.4, -0.2) is 22.0 Å². The summed E-state index contributed by atoms with van der Waals surface area (Å²) in [6.07, 6.45) is 4.21.